The summed E-state index contributed by atoms with van der Waals surface area (Å²) < 4.78 is 0. The zero-order valence-electron chi connectivity index (χ0n) is 7.93. The highest BCUT2D eigenvalue weighted by molar-refractivity contribution is 6.02. The van der Waals surface area contributed by atoms with Gasteiger partial charge < -0.3 is 4.90 Å². The van der Waals surface area contributed by atoms with Crippen molar-refractivity contribution in [3.8, 4) is 0 Å². The molecule has 2 heterocycles. The van der Waals surface area contributed by atoms with Crippen LogP contribution in [0.15, 0.2) is 11.6 Å². The second-order valence-corrected chi connectivity index (χ2v) is 3.73. The average molecular weight is 196 g/mol. The van der Waals surface area contributed by atoms with Gasteiger partial charge in [-0.25, -0.2) is 5.06 Å². The largest absolute Gasteiger partial charge is 0.342 e. The number of hydroxylamine groups is 2. The van der Waals surface area contributed by atoms with E-state index < -0.39 is 5.91 Å². The van der Waals surface area contributed by atoms with E-state index in [0.29, 0.717) is 30.1 Å². The van der Waals surface area contributed by atoms with E-state index in [4.69, 9.17) is 0 Å². The van der Waals surface area contributed by atoms with Gasteiger partial charge in [-0.15, -0.1) is 0 Å². The Morgan fingerprint density at radius 3 is 2.93 bits per heavy atom. The third-order valence-corrected chi connectivity index (χ3v) is 2.76. The Hall–Kier alpha value is -1.36. The Balaban J connectivity index is 2.31. The maximum absolute atomic E-state index is 11.4. The van der Waals surface area contributed by atoms with Gasteiger partial charge in [-0.1, -0.05) is 0 Å². The Bertz CT molecular complexity index is 324. The molecule has 0 saturated carbocycles. The van der Waals surface area contributed by atoms with Crippen LogP contribution in [-0.2, 0) is 9.59 Å². The molecule has 2 aliphatic heterocycles. The van der Waals surface area contributed by atoms with Crippen molar-refractivity contribution >= 4 is 11.8 Å². The molecule has 1 unspecified atom stereocenters. The number of carbonyl (C=O) groups excluding carboxylic acids is 2. The van der Waals surface area contributed by atoms with Gasteiger partial charge in [0.25, 0.3) is 5.91 Å². The molecule has 1 N–H and O–H groups in total. The minimum atomic E-state index is -0.428. The minimum absolute atomic E-state index is 0.0913. The van der Waals surface area contributed by atoms with Crippen LogP contribution in [0.1, 0.15) is 6.42 Å². The topological polar surface area (TPSA) is 60.9 Å². The molecule has 0 radical (unpaired) electrons. The highest BCUT2D eigenvalue weighted by atomic mass is 16.5. The lowest BCUT2D eigenvalue weighted by atomic mass is 9.88. The van der Waals surface area contributed by atoms with E-state index in [1.54, 1.807) is 11.9 Å². The molecule has 0 aromatic heterocycles. The van der Waals surface area contributed by atoms with Crippen LogP contribution in [0.25, 0.3) is 0 Å². The van der Waals surface area contributed by atoms with E-state index in [-0.39, 0.29) is 11.8 Å². The van der Waals surface area contributed by atoms with Crippen molar-refractivity contribution in [2.24, 2.45) is 5.92 Å². The van der Waals surface area contributed by atoms with Crippen LogP contribution < -0.4 is 0 Å². The van der Waals surface area contributed by atoms with Crippen molar-refractivity contribution in [3.05, 3.63) is 11.6 Å². The SMILES string of the molecule is CN1CC2CCN(O)C(=O)C2=CC1=O. The van der Waals surface area contributed by atoms with Gasteiger partial charge in [0.2, 0.25) is 5.91 Å². The summed E-state index contributed by atoms with van der Waals surface area (Å²) in [7, 11) is 1.71. The van der Waals surface area contributed by atoms with E-state index in [0.717, 1.165) is 0 Å². The van der Waals surface area contributed by atoms with Gasteiger partial charge in [0.15, 0.2) is 0 Å². The number of amides is 2. The number of hydrogen-bond acceptors (Lipinski definition) is 3. The normalized spacial score (nSPS) is 27.6. The summed E-state index contributed by atoms with van der Waals surface area (Å²) >= 11 is 0. The monoisotopic (exact) mass is 196 g/mol. The number of fused-ring (bicyclic) bond motifs is 1. The fourth-order valence-corrected chi connectivity index (χ4v) is 1.89. The quantitative estimate of drug-likeness (QED) is 0.537. The highest BCUT2D eigenvalue weighted by Gasteiger charge is 2.35. The summed E-state index contributed by atoms with van der Waals surface area (Å²) in [6.45, 7) is 0.924. The zero-order valence-corrected chi connectivity index (χ0v) is 7.93. The molecule has 0 aliphatic carbocycles. The lowest BCUT2D eigenvalue weighted by molar-refractivity contribution is -0.166. The maximum Gasteiger partial charge on any atom is 0.273 e. The van der Waals surface area contributed by atoms with E-state index >= 15 is 0 Å². The molecule has 0 aromatic carbocycles. The predicted octanol–water partition coefficient (Wildman–Crippen LogP) is -0.378. The van der Waals surface area contributed by atoms with Crippen LogP contribution in [0.4, 0.5) is 0 Å². The highest BCUT2D eigenvalue weighted by Crippen LogP contribution is 2.27. The Labute approximate surface area is 81.5 Å². The third-order valence-electron chi connectivity index (χ3n) is 2.76. The number of piperidine rings is 1. The fraction of sp³-hybridized carbons (Fsp3) is 0.556. The van der Waals surface area contributed by atoms with Gasteiger partial charge in [-0.05, 0) is 6.42 Å². The molecule has 76 valence electrons. The van der Waals surface area contributed by atoms with E-state index in [2.05, 4.69) is 0 Å². The molecule has 1 fully saturated rings. The summed E-state index contributed by atoms with van der Waals surface area (Å²) in [6.07, 6.45) is 2.05. The van der Waals surface area contributed by atoms with Gasteiger partial charge in [-0.3, -0.25) is 14.8 Å². The first kappa shape index (κ1) is 9.21. The van der Waals surface area contributed by atoms with Crippen LogP contribution in [-0.4, -0.2) is 47.1 Å². The minimum Gasteiger partial charge on any atom is -0.342 e. The summed E-state index contributed by atoms with van der Waals surface area (Å²) in [5.41, 5.74) is 0.446. The van der Waals surface area contributed by atoms with Crippen molar-refractivity contribution in [2.45, 2.75) is 6.42 Å². The van der Waals surface area contributed by atoms with E-state index in [9.17, 15) is 14.8 Å². The molecule has 0 bridgehead atoms. The fourth-order valence-electron chi connectivity index (χ4n) is 1.89. The first-order valence-electron chi connectivity index (χ1n) is 4.57. The molecule has 0 aromatic rings. The number of likely N-dealkylation sites (N-methyl/N-ethyl adjacent to an activating group) is 1. The summed E-state index contributed by atoms with van der Waals surface area (Å²) in [4.78, 5) is 24.3. The molecule has 2 amide bonds. The smallest absolute Gasteiger partial charge is 0.273 e. The molecule has 2 aliphatic rings. The summed E-state index contributed by atoms with van der Waals surface area (Å²) in [5.74, 6) is -0.504. The van der Waals surface area contributed by atoms with Crippen molar-refractivity contribution in [1.82, 2.24) is 9.96 Å². The van der Waals surface area contributed by atoms with Crippen LogP contribution in [0.2, 0.25) is 0 Å². The van der Waals surface area contributed by atoms with Crippen molar-refractivity contribution in [2.75, 3.05) is 20.1 Å². The van der Waals surface area contributed by atoms with Crippen molar-refractivity contribution in [1.29, 1.82) is 0 Å². The number of hydrogen-bond donors (Lipinski definition) is 1. The second-order valence-electron chi connectivity index (χ2n) is 3.73. The first-order valence-corrected chi connectivity index (χ1v) is 4.57. The Morgan fingerprint density at radius 1 is 1.50 bits per heavy atom. The molecule has 0 spiro atoms. The van der Waals surface area contributed by atoms with Gasteiger partial charge in [0.05, 0.1) is 0 Å². The maximum atomic E-state index is 11.4. The van der Waals surface area contributed by atoms with Crippen LogP contribution in [0.5, 0.6) is 0 Å². The van der Waals surface area contributed by atoms with Crippen LogP contribution >= 0.6 is 0 Å². The van der Waals surface area contributed by atoms with E-state index in [1.807, 2.05) is 0 Å². The predicted molar refractivity (Wildman–Crippen MR) is 47.3 cm³/mol. The molecule has 1 atom stereocenters. The van der Waals surface area contributed by atoms with Crippen LogP contribution in [0, 0.1) is 5.92 Å². The van der Waals surface area contributed by atoms with Gasteiger partial charge in [0.1, 0.15) is 0 Å². The average Bonchev–Trinajstić information content (AvgIpc) is 2.15. The molecule has 5 nitrogen and oxygen atoms in total. The molecular weight excluding hydrogens is 184 g/mol. The number of carbonyl (C=O) groups is 2. The van der Waals surface area contributed by atoms with Gasteiger partial charge >= 0.3 is 0 Å². The lowest BCUT2D eigenvalue weighted by Crippen LogP contribution is -2.46. The molecule has 5 heteroatoms. The number of nitrogens with zero attached hydrogens (tertiary/aromatic N) is 2. The number of rotatable bonds is 0. The van der Waals surface area contributed by atoms with Gasteiger partial charge in [0, 0.05) is 37.7 Å². The molecule has 14 heavy (non-hydrogen) atoms. The van der Waals surface area contributed by atoms with Crippen LogP contribution in [0.3, 0.4) is 0 Å². The second kappa shape index (κ2) is 3.09. The van der Waals surface area contributed by atoms with Crippen molar-refractivity contribution < 1.29 is 14.8 Å². The van der Waals surface area contributed by atoms with E-state index in [1.165, 1.54) is 6.08 Å². The lowest BCUT2D eigenvalue weighted by Gasteiger charge is -2.35. The van der Waals surface area contributed by atoms with Gasteiger partial charge in [-0.2, -0.15) is 0 Å². The summed E-state index contributed by atoms with van der Waals surface area (Å²) in [5, 5.41) is 9.87. The Kier molecular flexibility index (Phi) is 2.03. The Morgan fingerprint density at radius 2 is 2.21 bits per heavy atom. The molecule has 2 rings (SSSR count). The van der Waals surface area contributed by atoms with Crippen molar-refractivity contribution in [3.63, 3.8) is 0 Å². The molecular formula is C9H12N2O3. The third kappa shape index (κ3) is 1.29. The standard InChI is InChI=1S/C9H12N2O3/c1-10-5-6-2-3-11(14)9(13)7(6)4-8(10)12/h4,6,14H,2-3,5H2,1H3. The first-order chi connectivity index (χ1) is 6.59. The summed E-state index contributed by atoms with van der Waals surface area (Å²) in [6, 6.07) is 0. The zero-order chi connectivity index (χ0) is 10.3. The molecule has 1 saturated heterocycles.